The molecule has 26 heavy (non-hydrogen) atoms. The topological polar surface area (TPSA) is 3.24 Å². The molecule has 0 N–H and O–H groups in total. The van der Waals surface area contributed by atoms with Crippen LogP contribution in [0.4, 0.5) is 0 Å². The molecule has 1 saturated heterocycles. The highest BCUT2D eigenvalue weighted by molar-refractivity contribution is 9.10. The van der Waals surface area contributed by atoms with Crippen LogP contribution in [0.25, 0.3) is 0 Å². The number of likely N-dealkylation sites (tertiary alicyclic amines) is 1. The summed E-state index contributed by atoms with van der Waals surface area (Å²) in [5.41, 5.74) is 5.73. The van der Waals surface area contributed by atoms with Crippen LogP contribution in [0.2, 0.25) is 0 Å². The average Bonchev–Trinajstić information content (AvgIpc) is 2.65. The molecule has 0 spiro atoms. The normalized spacial score (nSPS) is 15.2. The van der Waals surface area contributed by atoms with Gasteiger partial charge < -0.3 is 0 Å². The quantitative estimate of drug-likeness (QED) is 0.488. The molecule has 3 aromatic carbocycles. The zero-order valence-corrected chi connectivity index (χ0v) is 16.7. The van der Waals surface area contributed by atoms with Gasteiger partial charge in [-0.1, -0.05) is 95.7 Å². The molecule has 1 aliphatic heterocycles. The van der Waals surface area contributed by atoms with E-state index < -0.39 is 0 Å². The van der Waals surface area contributed by atoms with E-state index in [1.54, 1.807) is 0 Å². The Kier molecular flexibility index (Phi) is 5.23. The molecule has 132 valence electrons. The van der Waals surface area contributed by atoms with Crippen LogP contribution < -0.4 is 0 Å². The molecule has 1 fully saturated rings. The van der Waals surface area contributed by atoms with Gasteiger partial charge in [0.2, 0.25) is 0 Å². The lowest BCUT2D eigenvalue weighted by Gasteiger charge is -2.45. The highest BCUT2D eigenvalue weighted by Gasteiger charge is 2.35. The molecular formula is C24H24BrN. The SMILES string of the molecule is CCc1c(Br)cccc1C1CN(C(c2ccccc2)c2ccccc2)C1. The summed E-state index contributed by atoms with van der Waals surface area (Å²) >= 11 is 3.73. The third-order valence-corrected chi connectivity index (χ3v) is 6.20. The van der Waals surface area contributed by atoms with E-state index in [1.807, 2.05) is 0 Å². The smallest absolute Gasteiger partial charge is 0.0602 e. The van der Waals surface area contributed by atoms with Crippen molar-refractivity contribution in [3.8, 4) is 0 Å². The molecule has 3 aromatic rings. The third kappa shape index (κ3) is 3.36. The highest BCUT2D eigenvalue weighted by atomic mass is 79.9. The molecule has 0 unspecified atom stereocenters. The Bertz CT molecular complexity index is 814. The second kappa shape index (κ2) is 7.77. The maximum atomic E-state index is 3.73. The van der Waals surface area contributed by atoms with E-state index in [1.165, 1.54) is 26.7 Å². The maximum Gasteiger partial charge on any atom is 0.0602 e. The molecule has 0 aromatic heterocycles. The van der Waals surface area contributed by atoms with Crippen molar-refractivity contribution in [2.24, 2.45) is 0 Å². The molecule has 0 atom stereocenters. The van der Waals surface area contributed by atoms with Gasteiger partial charge in [-0.25, -0.2) is 0 Å². The first-order valence-electron chi connectivity index (χ1n) is 9.39. The van der Waals surface area contributed by atoms with Gasteiger partial charge in [-0.3, -0.25) is 4.90 Å². The van der Waals surface area contributed by atoms with Crippen molar-refractivity contribution >= 4 is 15.9 Å². The molecule has 0 amide bonds. The molecule has 1 aliphatic rings. The summed E-state index contributed by atoms with van der Waals surface area (Å²) in [5, 5.41) is 0. The highest BCUT2D eigenvalue weighted by Crippen LogP contribution is 2.40. The fourth-order valence-electron chi connectivity index (χ4n) is 4.14. The van der Waals surface area contributed by atoms with Gasteiger partial charge in [0.1, 0.15) is 0 Å². The number of rotatable bonds is 5. The van der Waals surface area contributed by atoms with Crippen LogP contribution in [-0.2, 0) is 6.42 Å². The molecule has 2 heteroatoms. The average molecular weight is 406 g/mol. The Labute approximate surface area is 164 Å². The Morgan fingerprint density at radius 2 is 1.42 bits per heavy atom. The molecule has 0 radical (unpaired) electrons. The van der Waals surface area contributed by atoms with E-state index in [-0.39, 0.29) is 0 Å². The summed E-state index contributed by atoms with van der Waals surface area (Å²) < 4.78 is 1.25. The first kappa shape index (κ1) is 17.5. The van der Waals surface area contributed by atoms with Gasteiger partial charge in [-0.15, -0.1) is 0 Å². The van der Waals surface area contributed by atoms with Crippen LogP contribution >= 0.6 is 15.9 Å². The van der Waals surface area contributed by atoms with Crippen molar-refractivity contribution in [1.82, 2.24) is 4.90 Å². The van der Waals surface area contributed by atoms with Gasteiger partial charge in [0.15, 0.2) is 0 Å². The van der Waals surface area contributed by atoms with Crippen LogP contribution in [0.15, 0.2) is 83.3 Å². The molecule has 0 aliphatic carbocycles. The van der Waals surface area contributed by atoms with Gasteiger partial charge in [0.25, 0.3) is 0 Å². The zero-order valence-electron chi connectivity index (χ0n) is 15.1. The predicted octanol–water partition coefficient (Wildman–Crippen LogP) is 6.20. The number of hydrogen-bond acceptors (Lipinski definition) is 1. The summed E-state index contributed by atoms with van der Waals surface area (Å²) in [7, 11) is 0. The zero-order chi connectivity index (χ0) is 17.9. The number of halogens is 1. The van der Waals surface area contributed by atoms with Crippen molar-refractivity contribution in [3.63, 3.8) is 0 Å². The van der Waals surface area contributed by atoms with Crippen molar-refractivity contribution in [2.75, 3.05) is 13.1 Å². The summed E-state index contributed by atoms with van der Waals surface area (Å²) in [4.78, 5) is 2.61. The Morgan fingerprint density at radius 1 is 0.846 bits per heavy atom. The second-order valence-electron chi connectivity index (χ2n) is 7.04. The van der Waals surface area contributed by atoms with Crippen LogP contribution in [-0.4, -0.2) is 18.0 Å². The van der Waals surface area contributed by atoms with Crippen molar-refractivity contribution in [3.05, 3.63) is 106 Å². The summed E-state index contributed by atoms with van der Waals surface area (Å²) in [6.45, 7) is 4.46. The summed E-state index contributed by atoms with van der Waals surface area (Å²) in [6, 6.07) is 28.8. The molecule has 1 heterocycles. The predicted molar refractivity (Wildman–Crippen MR) is 113 cm³/mol. The van der Waals surface area contributed by atoms with E-state index in [2.05, 4.69) is 107 Å². The van der Waals surface area contributed by atoms with E-state index in [0.717, 1.165) is 19.5 Å². The van der Waals surface area contributed by atoms with Gasteiger partial charge in [-0.2, -0.15) is 0 Å². The summed E-state index contributed by atoms with van der Waals surface area (Å²) in [5.74, 6) is 0.623. The van der Waals surface area contributed by atoms with Crippen molar-refractivity contribution < 1.29 is 0 Å². The van der Waals surface area contributed by atoms with Crippen LogP contribution in [0.5, 0.6) is 0 Å². The lowest BCUT2D eigenvalue weighted by atomic mass is 9.84. The van der Waals surface area contributed by atoms with E-state index in [0.29, 0.717) is 12.0 Å². The minimum absolute atomic E-state index is 0.339. The molecule has 1 nitrogen and oxygen atoms in total. The lowest BCUT2D eigenvalue weighted by molar-refractivity contribution is 0.111. The molecule has 4 rings (SSSR count). The van der Waals surface area contributed by atoms with Crippen molar-refractivity contribution in [2.45, 2.75) is 25.3 Å². The van der Waals surface area contributed by atoms with Crippen molar-refractivity contribution in [1.29, 1.82) is 0 Å². The lowest BCUT2D eigenvalue weighted by Crippen LogP contribution is -2.47. The Balaban J connectivity index is 1.60. The van der Waals surface area contributed by atoms with E-state index in [9.17, 15) is 0 Å². The van der Waals surface area contributed by atoms with Crippen LogP contribution in [0, 0.1) is 0 Å². The van der Waals surface area contributed by atoms with Crippen LogP contribution in [0.3, 0.4) is 0 Å². The maximum absolute atomic E-state index is 3.73. The largest absolute Gasteiger partial charge is 0.291 e. The van der Waals surface area contributed by atoms with E-state index >= 15 is 0 Å². The number of nitrogens with zero attached hydrogens (tertiary/aromatic N) is 1. The molecule has 0 bridgehead atoms. The van der Waals surface area contributed by atoms with Gasteiger partial charge >= 0.3 is 0 Å². The van der Waals surface area contributed by atoms with Crippen LogP contribution in [0.1, 0.15) is 41.1 Å². The number of benzene rings is 3. The fourth-order valence-corrected chi connectivity index (χ4v) is 4.80. The minimum atomic E-state index is 0.339. The third-order valence-electron chi connectivity index (χ3n) is 5.45. The monoisotopic (exact) mass is 405 g/mol. The van der Waals surface area contributed by atoms with Gasteiger partial charge in [0, 0.05) is 23.5 Å². The second-order valence-corrected chi connectivity index (χ2v) is 7.89. The fraction of sp³-hybridized carbons (Fsp3) is 0.250. The minimum Gasteiger partial charge on any atom is -0.291 e. The first-order chi connectivity index (χ1) is 12.8. The standard InChI is InChI=1S/C24H24BrN/c1-2-21-22(14-9-15-23(21)25)20-16-26(17-20)24(18-10-5-3-6-11-18)19-12-7-4-8-13-19/h3-15,20,24H,2,16-17H2,1H3. The van der Waals surface area contributed by atoms with Gasteiger partial charge in [0.05, 0.1) is 6.04 Å². The molecular weight excluding hydrogens is 382 g/mol. The summed E-state index contributed by atoms with van der Waals surface area (Å²) in [6.07, 6.45) is 1.08. The Morgan fingerprint density at radius 3 is 1.96 bits per heavy atom. The first-order valence-corrected chi connectivity index (χ1v) is 10.2. The van der Waals surface area contributed by atoms with E-state index in [4.69, 9.17) is 0 Å². The Hall–Kier alpha value is -1.90. The van der Waals surface area contributed by atoms with Gasteiger partial charge in [-0.05, 0) is 34.7 Å². The number of hydrogen-bond donors (Lipinski definition) is 0. The molecule has 0 saturated carbocycles.